The summed E-state index contributed by atoms with van der Waals surface area (Å²) in [5.41, 5.74) is 0.237. The molecular formula is C16H32N2O2. The maximum Gasteiger partial charge on any atom is 0.307 e. The van der Waals surface area contributed by atoms with Gasteiger partial charge in [0.05, 0.1) is 13.0 Å². The molecule has 1 rings (SSSR count). The Morgan fingerprint density at radius 1 is 1.50 bits per heavy atom. The molecule has 4 heteroatoms. The van der Waals surface area contributed by atoms with Gasteiger partial charge in [0.2, 0.25) is 0 Å². The first kappa shape index (κ1) is 17.4. The van der Waals surface area contributed by atoms with E-state index in [2.05, 4.69) is 38.2 Å². The van der Waals surface area contributed by atoms with Gasteiger partial charge in [-0.1, -0.05) is 19.8 Å². The molecule has 0 aromatic carbocycles. The van der Waals surface area contributed by atoms with E-state index in [9.17, 15) is 4.79 Å². The molecule has 20 heavy (non-hydrogen) atoms. The highest BCUT2D eigenvalue weighted by Crippen LogP contribution is 2.35. The molecular weight excluding hydrogens is 252 g/mol. The van der Waals surface area contributed by atoms with E-state index in [1.807, 2.05) is 6.92 Å². The van der Waals surface area contributed by atoms with Crippen LogP contribution in [0.3, 0.4) is 0 Å². The molecule has 3 atom stereocenters. The van der Waals surface area contributed by atoms with Crippen molar-refractivity contribution >= 4 is 5.97 Å². The number of rotatable bonds is 7. The number of nitrogens with one attached hydrogen (secondary N) is 1. The largest absolute Gasteiger partial charge is 0.466 e. The third-order valence-electron chi connectivity index (χ3n) is 4.57. The van der Waals surface area contributed by atoms with E-state index in [1.54, 1.807) is 0 Å². The predicted octanol–water partition coefficient (Wildman–Crippen LogP) is 2.43. The van der Waals surface area contributed by atoms with Gasteiger partial charge in [-0.05, 0) is 46.7 Å². The summed E-state index contributed by atoms with van der Waals surface area (Å²) in [6.45, 7) is 7.67. The summed E-state index contributed by atoms with van der Waals surface area (Å²) in [6.07, 6.45) is 5.57. The Bertz CT molecular complexity index is 307. The quantitative estimate of drug-likeness (QED) is 0.729. The first-order valence-corrected chi connectivity index (χ1v) is 7.96. The average molecular weight is 284 g/mol. The molecule has 0 aliphatic heterocycles. The topological polar surface area (TPSA) is 41.6 Å². The average Bonchev–Trinajstić information content (AvgIpc) is 2.36. The summed E-state index contributed by atoms with van der Waals surface area (Å²) in [5.74, 6) is 0.678. The lowest BCUT2D eigenvalue weighted by Crippen LogP contribution is -2.55. The minimum absolute atomic E-state index is 0.108. The Labute approximate surface area is 124 Å². The summed E-state index contributed by atoms with van der Waals surface area (Å²) >= 11 is 0. The monoisotopic (exact) mass is 284 g/mol. The third-order valence-corrected chi connectivity index (χ3v) is 4.57. The number of carbonyl (C=O) groups excluding carboxylic acids is 1. The number of carbonyl (C=O) groups is 1. The molecule has 118 valence electrons. The van der Waals surface area contributed by atoms with Gasteiger partial charge in [-0.25, -0.2) is 0 Å². The van der Waals surface area contributed by atoms with Crippen molar-refractivity contribution < 1.29 is 9.53 Å². The second kappa shape index (κ2) is 7.99. The van der Waals surface area contributed by atoms with Crippen molar-refractivity contribution in [2.45, 2.75) is 64.5 Å². The van der Waals surface area contributed by atoms with Crippen molar-refractivity contribution in [2.75, 3.05) is 27.2 Å². The van der Waals surface area contributed by atoms with Gasteiger partial charge in [0.25, 0.3) is 0 Å². The van der Waals surface area contributed by atoms with E-state index in [-0.39, 0.29) is 17.6 Å². The zero-order valence-electron chi connectivity index (χ0n) is 13.9. The van der Waals surface area contributed by atoms with Gasteiger partial charge in [-0.3, -0.25) is 4.79 Å². The maximum atomic E-state index is 11.5. The summed E-state index contributed by atoms with van der Waals surface area (Å²) in [4.78, 5) is 13.9. The van der Waals surface area contributed by atoms with Crippen LogP contribution < -0.4 is 5.32 Å². The van der Waals surface area contributed by atoms with Crippen LogP contribution in [0.4, 0.5) is 0 Å². The Morgan fingerprint density at radius 3 is 2.75 bits per heavy atom. The molecule has 0 spiro atoms. The van der Waals surface area contributed by atoms with Crippen LogP contribution >= 0.6 is 0 Å². The van der Waals surface area contributed by atoms with Crippen LogP contribution in [0.2, 0.25) is 0 Å². The highest BCUT2D eigenvalue weighted by molar-refractivity contribution is 5.69. The normalized spacial score (nSPS) is 28.4. The number of hydrogen-bond donors (Lipinski definition) is 1. The van der Waals surface area contributed by atoms with Crippen LogP contribution in [0, 0.1) is 5.92 Å². The smallest absolute Gasteiger partial charge is 0.307 e. The zero-order valence-corrected chi connectivity index (χ0v) is 13.9. The van der Waals surface area contributed by atoms with Crippen LogP contribution in [0.15, 0.2) is 0 Å². The van der Waals surface area contributed by atoms with Gasteiger partial charge in [0.15, 0.2) is 0 Å². The molecule has 4 nitrogen and oxygen atoms in total. The van der Waals surface area contributed by atoms with Crippen LogP contribution in [0.25, 0.3) is 0 Å². The Balaban J connectivity index is 2.48. The summed E-state index contributed by atoms with van der Waals surface area (Å²) in [6, 6.07) is 0.170. The highest BCUT2D eigenvalue weighted by Gasteiger charge is 2.36. The number of likely N-dealkylation sites (N-methyl/N-ethyl adjacent to an activating group) is 1. The second-order valence-corrected chi connectivity index (χ2v) is 6.61. The first-order valence-electron chi connectivity index (χ1n) is 7.96. The summed E-state index contributed by atoms with van der Waals surface area (Å²) in [7, 11) is 4.35. The number of esters is 1. The molecule has 0 radical (unpaired) electrons. The van der Waals surface area contributed by atoms with Gasteiger partial charge in [0.1, 0.15) is 0 Å². The fraction of sp³-hybridized carbons (Fsp3) is 0.938. The van der Waals surface area contributed by atoms with Crippen molar-refractivity contribution in [3.05, 3.63) is 0 Å². The van der Waals surface area contributed by atoms with Gasteiger partial charge in [0, 0.05) is 18.1 Å². The molecule has 0 bridgehead atoms. The molecule has 1 saturated carbocycles. The van der Waals surface area contributed by atoms with E-state index in [4.69, 9.17) is 4.74 Å². The summed E-state index contributed by atoms with van der Waals surface area (Å²) in [5, 5.41) is 3.54. The van der Waals surface area contributed by atoms with Crippen LogP contribution in [0.1, 0.15) is 52.9 Å². The molecule has 0 heterocycles. The molecule has 1 aliphatic carbocycles. The highest BCUT2D eigenvalue weighted by atomic mass is 16.5. The van der Waals surface area contributed by atoms with Crippen molar-refractivity contribution in [3.63, 3.8) is 0 Å². The Hall–Kier alpha value is -0.610. The standard InChI is InChI=1S/C16H32N2O2/c1-6-20-15(19)10-14(3)17-12-16(18(4)5)9-7-8-13(2)11-16/h13-14,17H,6-12H2,1-5H3. The lowest BCUT2D eigenvalue weighted by molar-refractivity contribution is -0.143. The molecule has 3 unspecified atom stereocenters. The predicted molar refractivity (Wildman–Crippen MR) is 82.8 cm³/mol. The molecule has 1 aliphatic rings. The second-order valence-electron chi connectivity index (χ2n) is 6.61. The minimum Gasteiger partial charge on any atom is -0.466 e. The van der Waals surface area contributed by atoms with E-state index in [0.717, 1.165) is 12.5 Å². The van der Waals surface area contributed by atoms with Crippen LogP contribution in [0.5, 0.6) is 0 Å². The molecule has 0 amide bonds. The lowest BCUT2D eigenvalue weighted by atomic mass is 9.75. The van der Waals surface area contributed by atoms with Crippen molar-refractivity contribution in [1.82, 2.24) is 10.2 Å². The first-order chi connectivity index (χ1) is 9.39. The Kier molecular flexibility index (Phi) is 6.96. The zero-order chi connectivity index (χ0) is 15.2. The number of nitrogens with zero attached hydrogens (tertiary/aromatic N) is 1. The fourth-order valence-electron chi connectivity index (χ4n) is 3.26. The van der Waals surface area contributed by atoms with Crippen molar-refractivity contribution in [2.24, 2.45) is 5.92 Å². The number of hydrogen-bond acceptors (Lipinski definition) is 4. The third kappa shape index (κ3) is 5.06. The maximum absolute atomic E-state index is 11.5. The molecule has 0 aromatic rings. The SMILES string of the molecule is CCOC(=O)CC(C)NCC1(N(C)C)CCCC(C)C1. The Morgan fingerprint density at radius 2 is 2.20 bits per heavy atom. The van der Waals surface area contributed by atoms with E-state index < -0.39 is 0 Å². The van der Waals surface area contributed by atoms with E-state index in [0.29, 0.717) is 13.0 Å². The van der Waals surface area contributed by atoms with E-state index in [1.165, 1.54) is 25.7 Å². The van der Waals surface area contributed by atoms with Gasteiger partial charge in [-0.15, -0.1) is 0 Å². The van der Waals surface area contributed by atoms with Gasteiger partial charge < -0.3 is 15.0 Å². The van der Waals surface area contributed by atoms with Gasteiger partial charge in [-0.2, -0.15) is 0 Å². The molecule has 0 saturated heterocycles. The minimum atomic E-state index is -0.108. The van der Waals surface area contributed by atoms with Crippen LogP contribution in [-0.2, 0) is 9.53 Å². The van der Waals surface area contributed by atoms with Gasteiger partial charge >= 0.3 is 5.97 Å². The number of ether oxygens (including phenoxy) is 1. The van der Waals surface area contributed by atoms with Crippen LogP contribution in [-0.4, -0.2) is 49.7 Å². The van der Waals surface area contributed by atoms with E-state index >= 15 is 0 Å². The summed E-state index contributed by atoms with van der Waals surface area (Å²) < 4.78 is 5.00. The molecule has 0 aromatic heterocycles. The molecule has 1 fully saturated rings. The lowest BCUT2D eigenvalue weighted by Gasteiger charge is -2.46. The van der Waals surface area contributed by atoms with Crippen molar-refractivity contribution in [1.29, 1.82) is 0 Å². The van der Waals surface area contributed by atoms with Crippen molar-refractivity contribution in [3.8, 4) is 0 Å². The fourth-order valence-corrected chi connectivity index (χ4v) is 3.26. The molecule has 1 N–H and O–H groups in total.